The van der Waals surface area contributed by atoms with Crippen molar-refractivity contribution in [3.63, 3.8) is 0 Å². The van der Waals surface area contributed by atoms with Gasteiger partial charge in [0.1, 0.15) is 5.88 Å². The van der Waals surface area contributed by atoms with Gasteiger partial charge in [-0.15, -0.1) is 11.6 Å². The van der Waals surface area contributed by atoms with E-state index in [0.717, 1.165) is 25.8 Å². The van der Waals surface area contributed by atoms with Crippen molar-refractivity contribution in [3.05, 3.63) is 0 Å². The van der Waals surface area contributed by atoms with E-state index in [0.29, 0.717) is 6.54 Å². The summed E-state index contributed by atoms with van der Waals surface area (Å²) >= 11 is 5.58. The summed E-state index contributed by atoms with van der Waals surface area (Å²) in [7, 11) is 1.76. The predicted octanol–water partition coefficient (Wildman–Crippen LogP) is 1.08. The molecule has 0 aromatic rings. The Morgan fingerprint density at radius 2 is 2.12 bits per heavy atom. The van der Waals surface area contributed by atoms with Crippen LogP contribution < -0.4 is 0 Å². The van der Waals surface area contributed by atoms with Crippen LogP contribution in [0.4, 0.5) is 0 Å². The van der Waals surface area contributed by atoms with Gasteiger partial charge in [0.05, 0.1) is 0 Å². The van der Waals surface area contributed by atoms with Crippen molar-refractivity contribution in [3.8, 4) is 0 Å². The Morgan fingerprint density at radius 3 is 2.69 bits per heavy atom. The van der Waals surface area contributed by atoms with Gasteiger partial charge >= 0.3 is 0 Å². The predicted molar refractivity (Wildman–Crippen MR) is 63.4 cm³/mol. The van der Waals surface area contributed by atoms with Crippen LogP contribution in [-0.4, -0.2) is 53.7 Å². The average Bonchev–Trinajstić information content (AvgIpc) is 2.28. The van der Waals surface area contributed by atoms with Crippen LogP contribution in [-0.2, 0) is 9.59 Å². The number of halogens is 1. The molecule has 0 aromatic carbocycles. The van der Waals surface area contributed by atoms with Crippen molar-refractivity contribution in [2.75, 3.05) is 26.0 Å². The number of likely N-dealkylation sites (N-methyl/N-ethyl adjacent to an activating group) is 1. The number of amides is 2. The Hall–Kier alpha value is -0.770. The Balaban J connectivity index is 2.60. The highest BCUT2D eigenvalue weighted by atomic mass is 35.5. The van der Waals surface area contributed by atoms with Crippen LogP contribution in [0.1, 0.15) is 26.2 Å². The van der Waals surface area contributed by atoms with E-state index < -0.39 is 0 Å². The average molecular weight is 247 g/mol. The summed E-state index contributed by atoms with van der Waals surface area (Å²) in [6.45, 7) is 2.91. The van der Waals surface area contributed by atoms with E-state index in [-0.39, 0.29) is 23.7 Å². The van der Waals surface area contributed by atoms with E-state index in [2.05, 4.69) is 0 Å². The van der Waals surface area contributed by atoms with Crippen molar-refractivity contribution in [1.29, 1.82) is 0 Å². The number of carbonyl (C=O) groups excluding carboxylic acids is 2. The molecular formula is C11H19ClN2O2. The van der Waals surface area contributed by atoms with Crippen LogP contribution in [0.15, 0.2) is 0 Å². The molecule has 0 radical (unpaired) electrons. The normalized spacial score (nSPS) is 20.7. The second-order valence-electron chi connectivity index (χ2n) is 4.27. The monoisotopic (exact) mass is 246 g/mol. The number of hydrogen-bond acceptors (Lipinski definition) is 2. The van der Waals surface area contributed by atoms with Gasteiger partial charge in [0.2, 0.25) is 11.8 Å². The van der Waals surface area contributed by atoms with Crippen molar-refractivity contribution in [2.24, 2.45) is 0 Å². The summed E-state index contributed by atoms with van der Waals surface area (Å²) in [5, 5.41) is 0. The maximum atomic E-state index is 11.6. The van der Waals surface area contributed by atoms with Crippen LogP contribution in [0.2, 0.25) is 0 Å². The van der Waals surface area contributed by atoms with Gasteiger partial charge in [0.25, 0.3) is 0 Å². The molecule has 1 aliphatic heterocycles. The minimum Gasteiger partial charge on any atom is -0.344 e. The molecule has 1 rings (SSSR count). The molecule has 1 saturated heterocycles. The lowest BCUT2D eigenvalue weighted by Crippen LogP contribution is -2.50. The van der Waals surface area contributed by atoms with Gasteiger partial charge < -0.3 is 9.80 Å². The molecule has 0 N–H and O–H groups in total. The van der Waals surface area contributed by atoms with Gasteiger partial charge in [-0.3, -0.25) is 9.59 Å². The lowest BCUT2D eigenvalue weighted by Gasteiger charge is -2.37. The van der Waals surface area contributed by atoms with Gasteiger partial charge in [-0.25, -0.2) is 0 Å². The van der Waals surface area contributed by atoms with Crippen LogP contribution in [0, 0.1) is 0 Å². The first-order valence-electron chi connectivity index (χ1n) is 5.63. The van der Waals surface area contributed by atoms with E-state index in [1.165, 1.54) is 6.92 Å². The highest BCUT2D eigenvalue weighted by molar-refractivity contribution is 6.27. The van der Waals surface area contributed by atoms with Gasteiger partial charge in [0, 0.05) is 33.1 Å². The third-order valence-corrected chi connectivity index (χ3v) is 3.31. The minimum atomic E-state index is -0.0247. The van der Waals surface area contributed by atoms with Crippen LogP contribution in [0.5, 0.6) is 0 Å². The first-order valence-corrected chi connectivity index (χ1v) is 6.17. The molecule has 16 heavy (non-hydrogen) atoms. The third-order valence-electron chi connectivity index (χ3n) is 3.08. The van der Waals surface area contributed by atoms with E-state index in [1.807, 2.05) is 4.90 Å². The molecule has 1 fully saturated rings. The molecule has 1 heterocycles. The molecule has 1 atom stereocenters. The third kappa shape index (κ3) is 3.37. The van der Waals surface area contributed by atoms with Gasteiger partial charge in [0.15, 0.2) is 0 Å². The van der Waals surface area contributed by atoms with Gasteiger partial charge in [-0.2, -0.15) is 0 Å². The number of carbonyl (C=O) groups is 2. The highest BCUT2D eigenvalue weighted by Gasteiger charge is 2.27. The van der Waals surface area contributed by atoms with Crippen LogP contribution in [0.3, 0.4) is 0 Å². The van der Waals surface area contributed by atoms with E-state index in [9.17, 15) is 9.59 Å². The van der Waals surface area contributed by atoms with Crippen molar-refractivity contribution >= 4 is 23.4 Å². The lowest BCUT2D eigenvalue weighted by atomic mass is 10.0. The van der Waals surface area contributed by atoms with E-state index in [1.54, 1.807) is 11.9 Å². The van der Waals surface area contributed by atoms with E-state index >= 15 is 0 Å². The van der Waals surface area contributed by atoms with Gasteiger partial charge in [-0.1, -0.05) is 0 Å². The molecule has 5 heteroatoms. The molecule has 2 amide bonds. The van der Waals surface area contributed by atoms with Crippen molar-refractivity contribution in [2.45, 2.75) is 32.2 Å². The maximum absolute atomic E-state index is 11.6. The number of piperidine rings is 1. The lowest BCUT2D eigenvalue weighted by molar-refractivity contribution is -0.135. The smallest absolute Gasteiger partial charge is 0.237 e. The zero-order valence-corrected chi connectivity index (χ0v) is 10.7. The van der Waals surface area contributed by atoms with Crippen molar-refractivity contribution in [1.82, 2.24) is 9.80 Å². The summed E-state index contributed by atoms with van der Waals surface area (Å²) in [4.78, 5) is 26.3. The second-order valence-corrected chi connectivity index (χ2v) is 4.54. The maximum Gasteiger partial charge on any atom is 0.237 e. The second kappa shape index (κ2) is 6.09. The molecule has 0 aliphatic carbocycles. The number of nitrogens with zero attached hydrogens (tertiary/aromatic N) is 2. The standard InChI is InChI=1S/C11H19ClN2O2/c1-9(15)13(2)8-10-5-3-4-6-14(10)11(16)7-12/h10H,3-8H2,1-2H3/t10-/m0/s1. The minimum absolute atomic E-state index is 0.0247. The quantitative estimate of drug-likeness (QED) is 0.700. The Bertz CT molecular complexity index is 271. The fraction of sp³-hybridized carbons (Fsp3) is 0.818. The molecular weight excluding hydrogens is 228 g/mol. The van der Waals surface area contributed by atoms with Crippen molar-refractivity contribution < 1.29 is 9.59 Å². The number of hydrogen-bond donors (Lipinski definition) is 0. The molecule has 4 nitrogen and oxygen atoms in total. The highest BCUT2D eigenvalue weighted by Crippen LogP contribution is 2.18. The zero-order valence-electron chi connectivity index (χ0n) is 9.91. The summed E-state index contributed by atoms with van der Waals surface area (Å²) < 4.78 is 0. The first-order chi connectivity index (χ1) is 7.56. The molecule has 0 saturated carbocycles. The summed E-state index contributed by atoms with van der Waals surface area (Å²) in [6.07, 6.45) is 3.10. The molecule has 0 unspecified atom stereocenters. The Labute approximate surface area is 102 Å². The molecule has 0 aromatic heterocycles. The zero-order chi connectivity index (χ0) is 12.1. The summed E-state index contributed by atoms with van der Waals surface area (Å²) in [5.74, 6) is 0.0347. The number of alkyl halides is 1. The molecule has 92 valence electrons. The fourth-order valence-corrected chi connectivity index (χ4v) is 2.19. The Morgan fingerprint density at radius 1 is 1.44 bits per heavy atom. The molecule has 0 bridgehead atoms. The molecule has 0 spiro atoms. The fourth-order valence-electron chi connectivity index (χ4n) is 2.04. The topological polar surface area (TPSA) is 40.6 Å². The number of rotatable bonds is 3. The SMILES string of the molecule is CC(=O)N(C)C[C@@H]1CCCCN1C(=O)CCl. The number of likely N-dealkylation sites (tertiary alicyclic amines) is 1. The van der Waals surface area contributed by atoms with E-state index in [4.69, 9.17) is 11.6 Å². The van der Waals surface area contributed by atoms with Crippen LogP contribution >= 0.6 is 11.6 Å². The van der Waals surface area contributed by atoms with Gasteiger partial charge in [-0.05, 0) is 19.3 Å². The summed E-state index contributed by atoms with van der Waals surface area (Å²) in [5.41, 5.74) is 0. The van der Waals surface area contributed by atoms with Crippen LogP contribution in [0.25, 0.3) is 0 Å². The first kappa shape index (κ1) is 13.3. The Kier molecular flexibility index (Phi) is 5.06. The largest absolute Gasteiger partial charge is 0.344 e. The summed E-state index contributed by atoms with van der Waals surface area (Å²) in [6, 6.07) is 0.133. The molecule has 1 aliphatic rings.